The third kappa shape index (κ3) is 3.31. The Morgan fingerprint density at radius 3 is 2.76 bits per heavy atom. The normalized spacial score (nSPS) is 12.1. The van der Waals surface area contributed by atoms with Gasteiger partial charge in [-0.2, -0.15) is 4.99 Å². The molecule has 0 bridgehead atoms. The number of aromatic nitrogens is 1. The van der Waals surface area contributed by atoms with Gasteiger partial charge in [0, 0.05) is 11.9 Å². The van der Waals surface area contributed by atoms with E-state index in [0.717, 1.165) is 26.9 Å². The van der Waals surface area contributed by atoms with Crippen molar-refractivity contribution in [3.8, 4) is 11.5 Å². The second-order valence-electron chi connectivity index (χ2n) is 6.53. The number of ether oxygens (including phenoxy) is 2. The Morgan fingerprint density at radius 2 is 2.03 bits per heavy atom. The summed E-state index contributed by atoms with van der Waals surface area (Å²) in [6, 6.07) is 11.2. The molecule has 2 aromatic carbocycles. The van der Waals surface area contributed by atoms with E-state index < -0.39 is 5.91 Å². The molecule has 4 aromatic rings. The van der Waals surface area contributed by atoms with Crippen LogP contribution in [0.3, 0.4) is 0 Å². The molecule has 0 aliphatic heterocycles. The van der Waals surface area contributed by atoms with Gasteiger partial charge in [0.15, 0.2) is 21.9 Å². The zero-order chi connectivity index (χ0) is 20.5. The van der Waals surface area contributed by atoms with Crippen molar-refractivity contribution in [1.82, 2.24) is 4.57 Å². The lowest BCUT2D eigenvalue weighted by Gasteiger charge is -2.07. The molecule has 29 heavy (non-hydrogen) atoms. The van der Waals surface area contributed by atoms with Crippen LogP contribution in [0.5, 0.6) is 11.5 Å². The van der Waals surface area contributed by atoms with Crippen LogP contribution >= 0.6 is 11.3 Å². The molecule has 6 nitrogen and oxygen atoms in total. The molecule has 0 spiro atoms. The van der Waals surface area contributed by atoms with Gasteiger partial charge in [0.25, 0.3) is 0 Å². The highest BCUT2D eigenvalue weighted by Crippen LogP contribution is 2.31. The van der Waals surface area contributed by atoms with Crippen LogP contribution in [0.25, 0.3) is 21.2 Å². The monoisotopic (exact) mass is 410 g/mol. The minimum Gasteiger partial charge on any atom is -0.495 e. The molecule has 7 heteroatoms. The van der Waals surface area contributed by atoms with Gasteiger partial charge in [0.1, 0.15) is 11.3 Å². The first-order valence-electron chi connectivity index (χ1n) is 9.48. The van der Waals surface area contributed by atoms with Gasteiger partial charge in [-0.15, -0.1) is 0 Å². The van der Waals surface area contributed by atoms with Crippen molar-refractivity contribution in [3.63, 3.8) is 0 Å². The van der Waals surface area contributed by atoms with Gasteiger partial charge >= 0.3 is 5.91 Å². The van der Waals surface area contributed by atoms with Crippen LogP contribution in [-0.4, -0.2) is 24.2 Å². The summed E-state index contributed by atoms with van der Waals surface area (Å²) >= 11 is 1.47. The number of rotatable bonds is 5. The summed E-state index contributed by atoms with van der Waals surface area (Å²) in [5, 5.41) is 0.812. The Balaban J connectivity index is 1.85. The van der Waals surface area contributed by atoms with Crippen molar-refractivity contribution >= 4 is 38.4 Å². The first-order chi connectivity index (χ1) is 14.1. The number of carbonyl (C=O) groups is 1. The van der Waals surface area contributed by atoms with E-state index in [0.29, 0.717) is 29.3 Å². The topological polar surface area (TPSA) is 66.0 Å². The van der Waals surface area contributed by atoms with E-state index in [2.05, 4.69) is 4.99 Å². The molecule has 150 valence electrons. The Morgan fingerprint density at radius 1 is 1.21 bits per heavy atom. The van der Waals surface area contributed by atoms with Crippen molar-refractivity contribution in [2.75, 3.05) is 13.7 Å². The van der Waals surface area contributed by atoms with Crippen molar-refractivity contribution in [2.45, 2.75) is 27.3 Å². The predicted octanol–water partition coefficient (Wildman–Crippen LogP) is 4.93. The summed E-state index contributed by atoms with van der Waals surface area (Å²) in [7, 11) is 1.65. The molecular formula is C22H22N2O4S. The largest absolute Gasteiger partial charge is 0.495 e. The highest BCUT2D eigenvalue weighted by atomic mass is 32.1. The summed E-state index contributed by atoms with van der Waals surface area (Å²) in [5.41, 5.74) is 2.63. The van der Waals surface area contributed by atoms with E-state index in [4.69, 9.17) is 13.9 Å². The quantitative estimate of drug-likeness (QED) is 0.468. The number of fused-ring (bicyclic) bond motifs is 2. The van der Waals surface area contributed by atoms with E-state index in [1.54, 1.807) is 13.2 Å². The first-order valence-corrected chi connectivity index (χ1v) is 10.3. The SMILES string of the molecule is CCOc1cccc2cc(C(=O)N=c3sc4c(C)ccc(OC)c4n3CC)oc12. The Hall–Kier alpha value is -3.06. The van der Waals surface area contributed by atoms with Crippen LogP contribution in [0, 0.1) is 6.92 Å². The fourth-order valence-corrected chi connectivity index (χ4v) is 4.55. The molecule has 0 atom stereocenters. The highest BCUT2D eigenvalue weighted by molar-refractivity contribution is 7.16. The molecular weight excluding hydrogens is 388 g/mol. The standard InChI is InChI=1S/C22H22N2O4S/c1-5-24-18-15(26-4)11-10-13(3)20(18)29-22(24)23-21(25)17-12-14-8-7-9-16(27-6-2)19(14)28-17/h7-12H,5-6H2,1-4H3. The summed E-state index contributed by atoms with van der Waals surface area (Å²) < 4.78 is 20.0. The van der Waals surface area contributed by atoms with Crippen LogP contribution < -0.4 is 14.3 Å². The Bertz CT molecular complexity index is 1280. The number of hydrogen-bond acceptors (Lipinski definition) is 5. The van der Waals surface area contributed by atoms with Crippen molar-refractivity contribution in [3.05, 3.63) is 52.5 Å². The number of amides is 1. The fourth-order valence-electron chi connectivity index (χ4n) is 3.37. The van der Waals surface area contributed by atoms with Crippen molar-refractivity contribution < 1.29 is 18.7 Å². The number of carbonyl (C=O) groups excluding carboxylic acids is 1. The maximum atomic E-state index is 12.9. The fraction of sp³-hybridized carbons (Fsp3) is 0.273. The van der Waals surface area contributed by atoms with Gasteiger partial charge in [-0.3, -0.25) is 4.79 Å². The molecule has 0 radical (unpaired) electrons. The Labute approximate surface area is 172 Å². The molecule has 0 fully saturated rings. The molecule has 0 saturated carbocycles. The van der Waals surface area contributed by atoms with E-state index >= 15 is 0 Å². The minimum atomic E-state index is -0.422. The molecule has 1 amide bonds. The van der Waals surface area contributed by atoms with Gasteiger partial charge in [0.05, 0.1) is 18.4 Å². The third-order valence-corrected chi connectivity index (χ3v) is 5.95. The zero-order valence-electron chi connectivity index (χ0n) is 16.8. The van der Waals surface area contributed by atoms with Crippen molar-refractivity contribution in [2.24, 2.45) is 4.99 Å². The lowest BCUT2D eigenvalue weighted by Crippen LogP contribution is -2.16. The predicted molar refractivity (Wildman–Crippen MR) is 114 cm³/mol. The number of nitrogens with zero attached hydrogens (tertiary/aromatic N) is 2. The summed E-state index contributed by atoms with van der Waals surface area (Å²) in [6.07, 6.45) is 0. The van der Waals surface area contributed by atoms with Gasteiger partial charge in [-0.05, 0) is 44.5 Å². The van der Waals surface area contributed by atoms with Gasteiger partial charge in [-0.25, -0.2) is 0 Å². The van der Waals surface area contributed by atoms with Crippen LogP contribution in [0.1, 0.15) is 30.0 Å². The number of thiazole rings is 1. The van der Waals surface area contributed by atoms with Gasteiger partial charge < -0.3 is 18.5 Å². The average molecular weight is 410 g/mol. The number of para-hydroxylation sites is 1. The minimum absolute atomic E-state index is 0.191. The summed E-state index contributed by atoms with van der Waals surface area (Å²) in [4.78, 5) is 17.9. The number of furan rings is 1. The van der Waals surface area contributed by atoms with E-state index in [-0.39, 0.29) is 5.76 Å². The number of methoxy groups -OCH3 is 1. The summed E-state index contributed by atoms with van der Waals surface area (Å²) in [6.45, 7) is 7.16. The second-order valence-corrected chi connectivity index (χ2v) is 7.50. The number of benzene rings is 2. The summed E-state index contributed by atoms with van der Waals surface area (Å²) in [5.74, 6) is 1.16. The third-order valence-electron chi connectivity index (χ3n) is 4.74. The lowest BCUT2D eigenvalue weighted by molar-refractivity contribution is 0.0973. The maximum Gasteiger partial charge on any atom is 0.315 e. The van der Waals surface area contributed by atoms with E-state index in [1.165, 1.54) is 11.3 Å². The second kappa shape index (κ2) is 7.75. The molecule has 0 N–H and O–H groups in total. The molecule has 2 aromatic heterocycles. The molecule has 4 rings (SSSR count). The lowest BCUT2D eigenvalue weighted by atomic mass is 10.2. The zero-order valence-corrected chi connectivity index (χ0v) is 17.6. The maximum absolute atomic E-state index is 12.9. The molecule has 0 unspecified atom stereocenters. The smallest absolute Gasteiger partial charge is 0.315 e. The molecule has 0 saturated heterocycles. The Kier molecular flexibility index (Phi) is 5.15. The van der Waals surface area contributed by atoms with Crippen LogP contribution in [0.4, 0.5) is 0 Å². The van der Waals surface area contributed by atoms with Crippen molar-refractivity contribution in [1.29, 1.82) is 0 Å². The van der Waals surface area contributed by atoms with E-state index in [1.807, 2.05) is 55.7 Å². The molecule has 0 aliphatic rings. The van der Waals surface area contributed by atoms with Gasteiger partial charge in [-0.1, -0.05) is 29.5 Å². The molecule has 2 heterocycles. The number of aryl methyl sites for hydroxylation is 2. The average Bonchev–Trinajstić information content (AvgIpc) is 3.31. The van der Waals surface area contributed by atoms with Crippen LogP contribution in [0.15, 0.2) is 45.8 Å². The molecule has 0 aliphatic carbocycles. The highest BCUT2D eigenvalue weighted by Gasteiger charge is 2.17. The number of hydrogen-bond donors (Lipinski definition) is 0. The van der Waals surface area contributed by atoms with Crippen LogP contribution in [0.2, 0.25) is 0 Å². The van der Waals surface area contributed by atoms with Gasteiger partial charge in [0.2, 0.25) is 0 Å². The first kappa shape index (κ1) is 19.3. The van der Waals surface area contributed by atoms with Crippen LogP contribution in [-0.2, 0) is 6.54 Å². The van der Waals surface area contributed by atoms with E-state index in [9.17, 15) is 4.79 Å².